The molecule has 0 bridgehead atoms. The number of hydrogen-bond acceptors (Lipinski definition) is 3. The van der Waals surface area contributed by atoms with Crippen LogP contribution < -0.4 is 11.1 Å². The lowest BCUT2D eigenvalue weighted by molar-refractivity contribution is 0.464. The number of benzene rings is 1. The quantitative estimate of drug-likeness (QED) is 0.593. The summed E-state index contributed by atoms with van der Waals surface area (Å²) in [4.78, 5) is 4.33. The van der Waals surface area contributed by atoms with Crippen LogP contribution in [-0.4, -0.2) is 44.6 Å². The first-order chi connectivity index (χ1) is 11.2. The van der Waals surface area contributed by atoms with Crippen molar-refractivity contribution in [3.8, 4) is 0 Å². The summed E-state index contributed by atoms with van der Waals surface area (Å²) in [6.45, 7) is 3.46. The average molecular weight is 393 g/mol. The number of nitrogens with one attached hydrogen (secondary N) is 1. The molecule has 9 heteroatoms. The highest BCUT2D eigenvalue weighted by Gasteiger charge is 2.28. The molecule has 0 aromatic heterocycles. The third kappa shape index (κ3) is 5.24. The van der Waals surface area contributed by atoms with E-state index in [2.05, 4.69) is 10.3 Å². The molecule has 1 fully saturated rings. The third-order valence-electron chi connectivity index (χ3n) is 4.03. The Balaban J connectivity index is 1.90. The highest BCUT2D eigenvalue weighted by Crippen LogP contribution is 2.26. The van der Waals surface area contributed by atoms with Crippen molar-refractivity contribution < 1.29 is 8.42 Å². The lowest BCUT2D eigenvalue weighted by Gasteiger charge is -2.17. The standard InChI is InChI=1S/C15H22Cl2N4O2S/c1-10(13-4-3-12(16)7-14(13)17)20-15(18)19-8-11-5-6-21(9-11)24(2,22)23/h3-4,7,10-11H,5-6,8-9H2,1-2H3,(H3,18,19,20). The van der Waals surface area contributed by atoms with Crippen molar-refractivity contribution in [3.05, 3.63) is 33.8 Å². The maximum atomic E-state index is 11.5. The molecular weight excluding hydrogens is 371 g/mol. The smallest absolute Gasteiger partial charge is 0.211 e. The Morgan fingerprint density at radius 2 is 2.21 bits per heavy atom. The molecule has 24 heavy (non-hydrogen) atoms. The van der Waals surface area contributed by atoms with Gasteiger partial charge in [-0.15, -0.1) is 0 Å². The Labute approximate surface area is 153 Å². The molecule has 134 valence electrons. The lowest BCUT2D eigenvalue weighted by Crippen LogP contribution is -2.34. The fourth-order valence-electron chi connectivity index (χ4n) is 2.67. The van der Waals surface area contributed by atoms with Crippen LogP contribution in [-0.2, 0) is 10.0 Å². The van der Waals surface area contributed by atoms with Crippen molar-refractivity contribution >= 4 is 39.2 Å². The molecule has 1 saturated heterocycles. The Kier molecular flexibility index (Phi) is 6.36. The van der Waals surface area contributed by atoms with Gasteiger partial charge < -0.3 is 11.1 Å². The van der Waals surface area contributed by atoms with Gasteiger partial charge in [0.1, 0.15) is 0 Å². The molecular formula is C15H22Cl2N4O2S. The Bertz CT molecular complexity index is 724. The van der Waals surface area contributed by atoms with E-state index >= 15 is 0 Å². The molecule has 1 aromatic carbocycles. The zero-order chi connectivity index (χ0) is 17.9. The summed E-state index contributed by atoms with van der Waals surface area (Å²) >= 11 is 12.1. The van der Waals surface area contributed by atoms with Gasteiger partial charge in [0.15, 0.2) is 5.96 Å². The first-order valence-electron chi connectivity index (χ1n) is 7.63. The molecule has 0 spiro atoms. The highest BCUT2D eigenvalue weighted by atomic mass is 35.5. The van der Waals surface area contributed by atoms with Gasteiger partial charge in [-0.05, 0) is 37.0 Å². The van der Waals surface area contributed by atoms with Crippen molar-refractivity contribution in [1.82, 2.24) is 9.62 Å². The van der Waals surface area contributed by atoms with E-state index in [1.165, 1.54) is 10.6 Å². The molecule has 3 N–H and O–H groups in total. The predicted molar refractivity (Wildman–Crippen MR) is 99.0 cm³/mol. The van der Waals surface area contributed by atoms with Gasteiger partial charge >= 0.3 is 0 Å². The number of hydrogen-bond donors (Lipinski definition) is 2. The maximum absolute atomic E-state index is 11.5. The first-order valence-corrected chi connectivity index (χ1v) is 10.2. The van der Waals surface area contributed by atoms with Gasteiger partial charge in [0.25, 0.3) is 0 Å². The lowest BCUT2D eigenvalue weighted by atomic mass is 10.1. The minimum atomic E-state index is -3.12. The Morgan fingerprint density at radius 3 is 2.79 bits per heavy atom. The number of nitrogens with zero attached hydrogens (tertiary/aromatic N) is 2. The van der Waals surface area contributed by atoms with E-state index < -0.39 is 10.0 Å². The summed E-state index contributed by atoms with van der Waals surface area (Å²) in [7, 11) is -3.12. The van der Waals surface area contributed by atoms with Gasteiger partial charge in [-0.1, -0.05) is 29.3 Å². The zero-order valence-corrected chi connectivity index (χ0v) is 16.0. The SMILES string of the molecule is CC(NC(N)=NCC1CCN(S(C)(=O)=O)C1)c1ccc(Cl)cc1Cl. The monoisotopic (exact) mass is 392 g/mol. The van der Waals surface area contributed by atoms with Gasteiger partial charge in [-0.2, -0.15) is 0 Å². The number of guanidine groups is 1. The molecule has 1 aliphatic heterocycles. The minimum absolute atomic E-state index is 0.116. The number of nitrogens with two attached hydrogens (primary N) is 1. The van der Waals surface area contributed by atoms with Crippen molar-refractivity contribution in [2.45, 2.75) is 19.4 Å². The van der Waals surface area contributed by atoms with Gasteiger partial charge in [0.2, 0.25) is 10.0 Å². The first kappa shape index (κ1) is 19.3. The summed E-state index contributed by atoms with van der Waals surface area (Å²) < 4.78 is 24.5. The molecule has 6 nitrogen and oxygen atoms in total. The third-order valence-corrected chi connectivity index (χ3v) is 5.86. The molecule has 2 atom stereocenters. The van der Waals surface area contributed by atoms with E-state index in [0.29, 0.717) is 35.6 Å². The van der Waals surface area contributed by atoms with Crippen LogP contribution >= 0.6 is 23.2 Å². The van der Waals surface area contributed by atoms with E-state index in [4.69, 9.17) is 28.9 Å². The van der Waals surface area contributed by atoms with Gasteiger partial charge in [0, 0.05) is 29.7 Å². The van der Waals surface area contributed by atoms with Crippen LogP contribution in [0.15, 0.2) is 23.2 Å². The number of sulfonamides is 1. The van der Waals surface area contributed by atoms with E-state index in [9.17, 15) is 8.42 Å². The second kappa shape index (κ2) is 7.91. The molecule has 1 aromatic rings. The van der Waals surface area contributed by atoms with Gasteiger partial charge in [0.05, 0.1) is 12.3 Å². The molecule has 0 saturated carbocycles. The minimum Gasteiger partial charge on any atom is -0.370 e. The van der Waals surface area contributed by atoms with E-state index in [-0.39, 0.29) is 12.0 Å². The number of halogens is 2. The maximum Gasteiger partial charge on any atom is 0.211 e. The Morgan fingerprint density at radius 1 is 1.50 bits per heavy atom. The normalized spacial score (nSPS) is 21.0. The van der Waals surface area contributed by atoms with E-state index in [1.54, 1.807) is 12.1 Å². The molecule has 2 unspecified atom stereocenters. The van der Waals surface area contributed by atoms with Crippen molar-refractivity contribution in [2.24, 2.45) is 16.6 Å². The zero-order valence-electron chi connectivity index (χ0n) is 13.7. The van der Waals surface area contributed by atoms with Crippen LogP contribution in [0.5, 0.6) is 0 Å². The fraction of sp³-hybridized carbons (Fsp3) is 0.533. The van der Waals surface area contributed by atoms with E-state index in [1.807, 2.05) is 13.0 Å². The van der Waals surface area contributed by atoms with Crippen molar-refractivity contribution in [3.63, 3.8) is 0 Å². The summed E-state index contributed by atoms with van der Waals surface area (Å²) in [5.41, 5.74) is 6.81. The fourth-order valence-corrected chi connectivity index (χ4v) is 4.16. The van der Waals surface area contributed by atoms with Crippen LogP contribution in [0.3, 0.4) is 0 Å². The molecule has 1 heterocycles. The number of rotatable bonds is 5. The van der Waals surface area contributed by atoms with Crippen molar-refractivity contribution in [2.75, 3.05) is 25.9 Å². The molecule has 0 radical (unpaired) electrons. The summed E-state index contributed by atoms with van der Waals surface area (Å²) in [6, 6.07) is 5.18. The highest BCUT2D eigenvalue weighted by molar-refractivity contribution is 7.88. The van der Waals surface area contributed by atoms with Gasteiger partial charge in [-0.25, -0.2) is 12.7 Å². The summed E-state index contributed by atoms with van der Waals surface area (Å²) in [6.07, 6.45) is 2.02. The van der Waals surface area contributed by atoms with Crippen LogP contribution in [0.1, 0.15) is 24.9 Å². The number of aliphatic imine (C=N–C) groups is 1. The van der Waals surface area contributed by atoms with E-state index in [0.717, 1.165) is 12.0 Å². The topological polar surface area (TPSA) is 87.8 Å². The second-order valence-corrected chi connectivity index (χ2v) is 8.86. The molecule has 2 rings (SSSR count). The van der Waals surface area contributed by atoms with Crippen LogP contribution in [0.2, 0.25) is 10.0 Å². The van der Waals surface area contributed by atoms with Crippen LogP contribution in [0.4, 0.5) is 0 Å². The van der Waals surface area contributed by atoms with Crippen LogP contribution in [0.25, 0.3) is 0 Å². The predicted octanol–water partition coefficient (Wildman–Crippen LogP) is 2.24. The summed E-state index contributed by atoms with van der Waals surface area (Å²) in [5.74, 6) is 0.501. The Hall–Kier alpha value is -1.02. The molecule has 0 amide bonds. The second-order valence-electron chi connectivity index (χ2n) is 6.03. The van der Waals surface area contributed by atoms with Gasteiger partial charge in [-0.3, -0.25) is 4.99 Å². The largest absolute Gasteiger partial charge is 0.370 e. The van der Waals surface area contributed by atoms with Crippen LogP contribution in [0, 0.1) is 5.92 Å². The summed E-state index contributed by atoms with van der Waals surface area (Å²) in [5, 5.41) is 4.23. The average Bonchev–Trinajstić information content (AvgIpc) is 2.93. The molecule has 0 aliphatic carbocycles. The molecule has 1 aliphatic rings. The van der Waals surface area contributed by atoms with Crippen molar-refractivity contribution in [1.29, 1.82) is 0 Å².